The Labute approximate surface area is 250 Å². The van der Waals surface area contributed by atoms with Gasteiger partial charge in [0.15, 0.2) is 0 Å². The molecule has 6 rings (SSSR count). The molecular weight excluding hydrogens is 575 g/mol. The quantitative estimate of drug-likeness (QED) is 0.358. The number of hydrogen-bond acceptors (Lipinski definition) is 5. The van der Waals surface area contributed by atoms with Crippen LogP contribution >= 0.6 is 11.6 Å². The van der Waals surface area contributed by atoms with Crippen LogP contribution in [-0.2, 0) is 22.0 Å². The minimum Gasteiger partial charge on any atom is -0.348 e. The van der Waals surface area contributed by atoms with Crippen molar-refractivity contribution in [3.63, 3.8) is 0 Å². The number of nitrogens with zero attached hydrogens (tertiary/aromatic N) is 3. The Morgan fingerprint density at radius 3 is 2.45 bits per heavy atom. The third-order valence-corrected chi connectivity index (χ3v) is 11.2. The monoisotopic (exact) mass is 606 g/mol. The van der Waals surface area contributed by atoms with Crippen LogP contribution in [0, 0.1) is 23.1 Å². The highest BCUT2D eigenvalue weighted by Crippen LogP contribution is 2.59. The average molecular weight is 607 g/mol. The first kappa shape index (κ1) is 28.7. The molecule has 3 aromatic rings. The molecule has 1 saturated carbocycles. The number of piperidine rings is 1. The molecule has 1 N–H and O–H groups in total. The van der Waals surface area contributed by atoms with Gasteiger partial charge in [0.2, 0.25) is 0 Å². The number of carbonyl (C=O) groups is 1. The highest BCUT2D eigenvalue weighted by atomic mass is 35.5. The molecule has 218 valence electrons. The van der Waals surface area contributed by atoms with Crippen molar-refractivity contribution in [3.8, 4) is 6.07 Å². The molecule has 3 aliphatic rings. The van der Waals surface area contributed by atoms with Crippen molar-refractivity contribution >= 4 is 33.2 Å². The fourth-order valence-electron chi connectivity index (χ4n) is 6.72. The number of amides is 1. The van der Waals surface area contributed by atoms with Crippen LogP contribution in [0.3, 0.4) is 0 Å². The standard InChI is InChI=1S/C32H32ClFN4O3S/c33-28-5-2-1-4-24(28)21-36-31(39)23-8-13-29-27(20-23)32(14-18-37(19-15-32)17-3-16-35)30(22-6-7-22)38(29)42(40,41)26-11-9-25(34)10-12-26/h1-2,4-5,8-13,20,22,30H,3,6-7,14-15,17-19,21H2,(H,36,39). The van der Waals surface area contributed by atoms with E-state index in [-0.39, 0.29) is 29.3 Å². The van der Waals surface area contributed by atoms with Gasteiger partial charge in [0.05, 0.1) is 22.7 Å². The number of hydrogen-bond donors (Lipinski definition) is 1. The minimum atomic E-state index is -4.02. The van der Waals surface area contributed by atoms with Crippen LogP contribution in [0.2, 0.25) is 5.02 Å². The molecule has 42 heavy (non-hydrogen) atoms. The number of likely N-dealkylation sites (tertiary alicyclic amines) is 1. The second kappa shape index (κ2) is 11.3. The van der Waals surface area contributed by atoms with Gasteiger partial charge in [0.25, 0.3) is 15.9 Å². The smallest absolute Gasteiger partial charge is 0.264 e. The van der Waals surface area contributed by atoms with Crippen LogP contribution in [0.15, 0.2) is 71.6 Å². The summed E-state index contributed by atoms with van der Waals surface area (Å²) >= 11 is 6.28. The molecule has 2 fully saturated rings. The summed E-state index contributed by atoms with van der Waals surface area (Å²) in [6.07, 6.45) is 3.73. The topological polar surface area (TPSA) is 93.5 Å². The summed E-state index contributed by atoms with van der Waals surface area (Å²) in [5.41, 5.74) is 2.24. The van der Waals surface area contributed by atoms with E-state index in [0.717, 1.165) is 37.1 Å². The lowest BCUT2D eigenvalue weighted by molar-refractivity contribution is 0.0950. The molecule has 10 heteroatoms. The van der Waals surface area contributed by atoms with Gasteiger partial charge in [-0.05, 0) is 104 Å². The molecule has 1 amide bonds. The summed E-state index contributed by atoms with van der Waals surface area (Å²) in [6.45, 7) is 2.41. The second-order valence-corrected chi connectivity index (χ2v) is 13.7. The molecule has 0 radical (unpaired) electrons. The normalized spacial score (nSPS) is 19.8. The maximum atomic E-state index is 14.3. The lowest BCUT2D eigenvalue weighted by Gasteiger charge is -2.45. The second-order valence-electron chi connectivity index (χ2n) is 11.4. The van der Waals surface area contributed by atoms with Gasteiger partial charge in [0.1, 0.15) is 5.82 Å². The van der Waals surface area contributed by atoms with Crippen molar-refractivity contribution in [2.75, 3.05) is 23.9 Å². The number of nitrogens with one attached hydrogen (secondary N) is 1. The number of carbonyl (C=O) groups excluding carboxylic acids is 1. The number of benzene rings is 3. The maximum absolute atomic E-state index is 14.3. The van der Waals surface area contributed by atoms with Crippen molar-refractivity contribution in [2.24, 2.45) is 5.92 Å². The minimum absolute atomic E-state index is 0.0468. The van der Waals surface area contributed by atoms with Gasteiger partial charge in [-0.2, -0.15) is 5.26 Å². The summed E-state index contributed by atoms with van der Waals surface area (Å²) < 4.78 is 43.8. The molecule has 2 heterocycles. The molecule has 0 aromatic heterocycles. The van der Waals surface area contributed by atoms with Gasteiger partial charge in [-0.3, -0.25) is 9.10 Å². The number of anilines is 1. The summed E-state index contributed by atoms with van der Waals surface area (Å²) in [4.78, 5) is 15.7. The maximum Gasteiger partial charge on any atom is 0.264 e. The molecule has 1 spiro atoms. The van der Waals surface area contributed by atoms with E-state index in [0.29, 0.717) is 42.1 Å². The van der Waals surface area contributed by atoms with E-state index in [9.17, 15) is 17.6 Å². The molecule has 0 bridgehead atoms. The predicted octanol–water partition coefficient (Wildman–Crippen LogP) is 5.64. The SMILES string of the molecule is N#CCCN1CCC2(CC1)c1cc(C(=O)NCc3ccccc3Cl)ccc1N(S(=O)(=O)c1ccc(F)cc1)C2C1CC1. The molecule has 2 aliphatic heterocycles. The molecule has 7 nitrogen and oxygen atoms in total. The largest absolute Gasteiger partial charge is 0.348 e. The number of sulfonamides is 1. The lowest BCUT2D eigenvalue weighted by Crippen LogP contribution is -2.53. The molecule has 1 unspecified atom stereocenters. The van der Waals surface area contributed by atoms with Crippen LogP contribution in [0.1, 0.15) is 53.6 Å². The third-order valence-electron chi connectivity index (χ3n) is 8.98. The van der Waals surface area contributed by atoms with Crippen molar-refractivity contribution < 1.29 is 17.6 Å². The Morgan fingerprint density at radius 2 is 1.79 bits per heavy atom. The first-order valence-electron chi connectivity index (χ1n) is 14.3. The summed E-state index contributed by atoms with van der Waals surface area (Å²) in [6, 6.07) is 19.5. The van der Waals surface area contributed by atoms with Gasteiger partial charge in [-0.15, -0.1) is 0 Å². The lowest BCUT2D eigenvalue weighted by atomic mass is 9.68. The summed E-state index contributed by atoms with van der Waals surface area (Å²) in [7, 11) is -4.02. The fourth-order valence-corrected chi connectivity index (χ4v) is 8.72. The first-order chi connectivity index (χ1) is 20.2. The van der Waals surface area contributed by atoms with E-state index in [1.807, 2.05) is 24.3 Å². The number of fused-ring (bicyclic) bond motifs is 2. The molecule has 1 saturated heterocycles. The van der Waals surface area contributed by atoms with Crippen molar-refractivity contribution in [1.29, 1.82) is 5.26 Å². The van der Waals surface area contributed by atoms with E-state index >= 15 is 0 Å². The van der Waals surface area contributed by atoms with Crippen LogP contribution in [0.5, 0.6) is 0 Å². The van der Waals surface area contributed by atoms with Gasteiger partial charge in [-0.1, -0.05) is 29.8 Å². The van der Waals surface area contributed by atoms with Crippen LogP contribution in [-0.4, -0.2) is 44.9 Å². The number of rotatable bonds is 8. The predicted molar refractivity (Wildman–Crippen MR) is 159 cm³/mol. The van der Waals surface area contributed by atoms with Gasteiger partial charge < -0.3 is 10.2 Å². The van der Waals surface area contributed by atoms with Crippen molar-refractivity contribution in [2.45, 2.75) is 55.0 Å². The van der Waals surface area contributed by atoms with Crippen LogP contribution in [0.25, 0.3) is 0 Å². The molecule has 1 atom stereocenters. The van der Waals surface area contributed by atoms with Crippen LogP contribution < -0.4 is 9.62 Å². The van der Waals surface area contributed by atoms with Crippen LogP contribution in [0.4, 0.5) is 10.1 Å². The van der Waals surface area contributed by atoms with E-state index in [1.54, 1.807) is 22.5 Å². The Kier molecular flexibility index (Phi) is 7.73. The van der Waals surface area contributed by atoms with E-state index in [2.05, 4.69) is 16.3 Å². The summed E-state index contributed by atoms with van der Waals surface area (Å²) in [5, 5.41) is 12.6. The average Bonchev–Trinajstić information content (AvgIpc) is 3.80. The summed E-state index contributed by atoms with van der Waals surface area (Å²) in [5.74, 6) is -0.568. The number of halogens is 2. The van der Waals surface area contributed by atoms with Gasteiger partial charge >= 0.3 is 0 Å². The molecule has 1 aliphatic carbocycles. The van der Waals surface area contributed by atoms with E-state index in [4.69, 9.17) is 16.9 Å². The highest BCUT2D eigenvalue weighted by molar-refractivity contribution is 7.92. The Bertz CT molecular complexity index is 1640. The van der Waals surface area contributed by atoms with Gasteiger partial charge in [0, 0.05) is 35.5 Å². The van der Waals surface area contributed by atoms with E-state index in [1.165, 1.54) is 24.3 Å². The third kappa shape index (κ3) is 5.17. The van der Waals surface area contributed by atoms with E-state index < -0.39 is 21.3 Å². The zero-order valence-corrected chi connectivity index (χ0v) is 24.7. The van der Waals surface area contributed by atoms with Crippen molar-refractivity contribution in [3.05, 3.63) is 94.3 Å². The Balaban J connectivity index is 1.40. The first-order valence-corrected chi connectivity index (χ1v) is 16.1. The van der Waals surface area contributed by atoms with Crippen molar-refractivity contribution in [1.82, 2.24) is 10.2 Å². The Morgan fingerprint density at radius 1 is 1.07 bits per heavy atom. The Hall–Kier alpha value is -3.45. The molecule has 3 aromatic carbocycles. The molecular formula is C32H32ClFN4O3S. The van der Waals surface area contributed by atoms with Gasteiger partial charge in [-0.25, -0.2) is 12.8 Å². The zero-order valence-electron chi connectivity index (χ0n) is 23.1. The number of nitriles is 1. The zero-order chi connectivity index (χ0) is 29.5. The fraction of sp³-hybridized carbons (Fsp3) is 0.375. The highest BCUT2D eigenvalue weighted by Gasteiger charge is 2.60.